The molecule has 6 nitrogen and oxygen atoms in total. The van der Waals surface area contributed by atoms with Crippen LogP contribution in [0, 0.1) is 5.92 Å². The summed E-state index contributed by atoms with van der Waals surface area (Å²) in [5.74, 6) is 1.02. The van der Waals surface area contributed by atoms with E-state index in [1.165, 1.54) is 0 Å². The zero-order valence-corrected chi connectivity index (χ0v) is 14.4. The third-order valence-corrected chi connectivity index (χ3v) is 5.60. The maximum Gasteiger partial charge on any atom is 0.258 e. The molecule has 2 N–H and O–H groups in total. The third kappa shape index (κ3) is 3.47. The molecule has 0 spiro atoms. The number of H-pyrrole nitrogens is 1. The van der Waals surface area contributed by atoms with Gasteiger partial charge in [-0.2, -0.15) is 0 Å². The van der Waals surface area contributed by atoms with E-state index in [1.807, 2.05) is 18.2 Å². The Morgan fingerprint density at radius 3 is 3.04 bits per heavy atom. The summed E-state index contributed by atoms with van der Waals surface area (Å²) in [6.07, 6.45) is 3.54. The highest BCUT2D eigenvalue weighted by atomic mass is 16.5. The van der Waals surface area contributed by atoms with Gasteiger partial charge in [0.2, 0.25) is 0 Å². The molecule has 2 fully saturated rings. The van der Waals surface area contributed by atoms with Gasteiger partial charge in [0.25, 0.3) is 5.56 Å². The predicted molar refractivity (Wildman–Crippen MR) is 95.6 cm³/mol. The largest absolute Gasteiger partial charge is 0.393 e. The maximum absolute atomic E-state index is 12.2. The maximum atomic E-state index is 12.2. The molecule has 1 aliphatic heterocycles. The van der Waals surface area contributed by atoms with Crippen molar-refractivity contribution in [3.8, 4) is 0 Å². The van der Waals surface area contributed by atoms with Gasteiger partial charge in [-0.1, -0.05) is 18.6 Å². The minimum Gasteiger partial charge on any atom is -0.393 e. The summed E-state index contributed by atoms with van der Waals surface area (Å²) in [5.41, 5.74) is 0.663. The number of aliphatic hydroxyl groups excluding tert-OH is 1. The number of aromatic amines is 1. The Morgan fingerprint density at radius 2 is 2.20 bits per heavy atom. The number of hydrogen-bond donors (Lipinski definition) is 2. The van der Waals surface area contributed by atoms with Crippen molar-refractivity contribution in [3.63, 3.8) is 0 Å². The van der Waals surface area contributed by atoms with E-state index in [-0.39, 0.29) is 17.7 Å². The number of aliphatic hydroxyl groups is 1. The van der Waals surface area contributed by atoms with Gasteiger partial charge in [-0.05, 0) is 25.0 Å². The Morgan fingerprint density at radius 1 is 1.32 bits per heavy atom. The summed E-state index contributed by atoms with van der Waals surface area (Å²) in [5, 5.41) is 10.9. The van der Waals surface area contributed by atoms with E-state index >= 15 is 0 Å². The summed E-state index contributed by atoms with van der Waals surface area (Å²) in [4.78, 5) is 22.1. The summed E-state index contributed by atoms with van der Waals surface area (Å²) in [7, 11) is 0. The highest BCUT2D eigenvalue weighted by molar-refractivity contribution is 5.77. The average molecular weight is 343 g/mol. The normalized spacial score (nSPS) is 27.8. The molecule has 1 aliphatic carbocycles. The number of nitrogens with zero attached hydrogens (tertiary/aromatic N) is 2. The fourth-order valence-electron chi connectivity index (χ4n) is 4.25. The lowest BCUT2D eigenvalue weighted by molar-refractivity contribution is -0.0495. The molecular formula is C19H25N3O3. The molecule has 134 valence electrons. The van der Waals surface area contributed by atoms with Gasteiger partial charge in [0, 0.05) is 31.5 Å². The van der Waals surface area contributed by atoms with Gasteiger partial charge in [-0.25, -0.2) is 4.98 Å². The number of nitrogens with one attached hydrogen (secondary N) is 1. The molecule has 25 heavy (non-hydrogen) atoms. The van der Waals surface area contributed by atoms with Gasteiger partial charge in [0.1, 0.15) is 5.82 Å². The molecule has 1 saturated carbocycles. The zero-order valence-electron chi connectivity index (χ0n) is 14.4. The van der Waals surface area contributed by atoms with Crippen molar-refractivity contribution in [3.05, 3.63) is 40.4 Å². The molecule has 2 heterocycles. The topological polar surface area (TPSA) is 78.5 Å². The molecule has 0 bridgehead atoms. The summed E-state index contributed by atoms with van der Waals surface area (Å²) >= 11 is 0. The van der Waals surface area contributed by atoms with Crippen LogP contribution in [0.15, 0.2) is 29.1 Å². The zero-order chi connectivity index (χ0) is 17.2. The van der Waals surface area contributed by atoms with E-state index in [4.69, 9.17) is 4.74 Å². The predicted octanol–water partition coefficient (Wildman–Crippen LogP) is 1.33. The summed E-state index contributed by atoms with van der Waals surface area (Å²) in [6, 6.07) is 7.69. The van der Waals surface area contributed by atoms with E-state index in [0.29, 0.717) is 24.3 Å². The Labute approximate surface area is 146 Å². The number of aromatic nitrogens is 2. The molecule has 1 aromatic carbocycles. The van der Waals surface area contributed by atoms with Crippen LogP contribution in [0.25, 0.3) is 10.9 Å². The molecule has 0 radical (unpaired) electrons. The highest BCUT2D eigenvalue weighted by Gasteiger charge is 2.37. The van der Waals surface area contributed by atoms with Crippen LogP contribution in [-0.2, 0) is 11.2 Å². The number of para-hydroxylation sites is 1. The molecule has 3 atom stereocenters. The Bertz CT molecular complexity index is 791. The molecule has 1 saturated heterocycles. The molecule has 0 unspecified atom stereocenters. The Hall–Kier alpha value is -1.76. The van der Waals surface area contributed by atoms with Crippen molar-refractivity contribution in [2.45, 2.75) is 37.8 Å². The SMILES string of the molecule is O=c1[nH]c(CCN2CCOC[C@@H]2[C@@H]2CCC[C@H]2O)nc2ccccc12. The van der Waals surface area contributed by atoms with E-state index in [0.717, 1.165) is 50.3 Å². The monoisotopic (exact) mass is 343 g/mol. The third-order valence-electron chi connectivity index (χ3n) is 5.60. The second-order valence-corrected chi connectivity index (χ2v) is 7.12. The van der Waals surface area contributed by atoms with Crippen molar-refractivity contribution in [2.24, 2.45) is 5.92 Å². The smallest absolute Gasteiger partial charge is 0.258 e. The van der Waals surface area contributed by atoms with Crippen LogP contribution in [0.4, 0.5) is 0 Å². The number of morpholine rings is 1. The standard InChI is InChI=1S/C19H25N3O3/c23-17-7-3-5-14(17)16-12-25-11-10-22(16)9-8-18-20-15-6-2-1-4-13(15)19(24)21-18/h1-2,4,6,14,16-17,23H,3,5,7-12H2,(H,20,21,24)/t14-,16+,17+/m0/s1. The van der Waals surface area contributed by atoms with Gasteiger partial charge in [-0.3, -0.25) is 9.69 Å². The van der Waals surface area contributed by atoms with Crippen LogP contribution < -0.4 is 5.56 Å². The van der Waals surface area contributed by atoms with Gasteiger partial charge in [-0.15, -0.1) is 0 Å². The van der Waals surface area contributed by atoms with Crippen molar-refractivity contribution < 1.29 is 9.84 Å². The van der Waals surface area contributed by atoms with Crippen LogP contribution in [0.3, 0.4) is 0 Å². The number of ether oxygens (including phenoxy) is 1. The van der Waals surface area contributed by atoms with Gasteiger partial charge >= 0.3 is 0 Å². The molecular weight excluding hydrogens is 318 g/mol. The fourth-order valence-corrected chi connectivity index (χ4v) is 4.25. The van der Waals surface area contributed by atoms with Crippen molar-refractivity contribution in [2.75, 3.05) is 26.3 Å². The minimum absolute atomic E-state index is 0.0784. The first-order valence-electron chi connectivity index (χ1n) is 9.20. The number of rotatable bonds is 4. The van der Waals surface area contributed by atoms with Crippen molar-refractivity contribution in [1.82, 2.24) is 14.9 Å². The van der Waals surface area contributed by atoms with Gasteiger partial charge < -0.3 is 14.8 Å². The van der Waals surface area contributed by atoms with Gasteiger partial charge in [0.15, 0.2) is 0 Å². The van der Waals surface area contributed by atoms with E-state index < -0.39 is 0 Å². The second kappa shape index (κ2) is 7.23. The summed E-state index contributed by atoms with van der Waals surface area (Å²) in [6.45, 7) is 3.09. The van der Waals surface area contributed by atoms with Crippen molar-refractivity contribution >= 4 is 10.9 Å². The first kappa shape index (κ1) is 16.7. The van der Waals surface area contributed by atoms with E-state index in [1.54, 1.807) is 6.07 Å². The number of hydrogen-bond acceptors (Lipinski definition) is 5. The molecule has 2 aliphatic rings. The lowest BCUT2D eigenvalue weighted by Gasteiger charge is -2.40. The fraction of sp³-hybridized carbons (Fsp3) is 0.579. The summed E-state index contributed by atoms with van der Waals surface area (Å²) < 4.78 is 5.68. The Balaban J connectivity index is 1.48. The lowest BCUT2D eigenvalue weighted by atomic mass is 9.94. The van der Waals surface area contributed by atoms with Crippen LogP contribution in [-0.4, -0.2) is 58.4 Å². The van der Waals surface area contributed by atoms with Crippen molar-refractivity contribution in [1.29, 1.82) is 0 Å². The van der Waals surface area contributed by atoms with Gasteiger partial charge in [0.05, 0.1) is 30.2 Å². The van der Waals surface area contributed by atoms with Crippen LogP contribution in [0.1, 0.15) is 25.1 Å². The molecule has 6 heteroatoms. The first-order valence-corrected chi connectivity index (χ1v) is 9.20. The Kier molecular flexibility index (Phi) is 4.83. The first-order chi connectivity index (χ1) is 12.2. The second-order valence-electron chi connectivity index (χ2n) is 7.12. The number of fused-ring (bicyclic) bond motifs is 1. The lowest BCUT2D eigenvalue weighted by Crippen LogP contribution is -2.51. The quantitative estimate of drug-likeness (QED) is 0.876. The van der Waals surface area contributed by atoms with E-state index in [9.17, 15) is 9.90 Å². The molecule has 0 amide bonds. The van der Waals surface area contributed by atoms with Crippen LogP contribution in [0.5, 0.6) is 0 Å². The van der Waals surface area contributed by atoms with Crippen LogP contribution in [0.2, 0.25) is 0 Å². The highest BCUT2D eigenvalue weighted by Crippen LogP contribution is 2.32. The molecule has 4 rings (SSSR count). The van der Waals surface area contributed by atoms with Crippen LogP contribution >= 0.6 is 0 Å². The molecule has 1 aromatic heterocycles. The number of benzene rings is 1. The molecule has 2 aromatic rings. The minimum atomic E-state index is -0.215. The average Bonchev–Trinajstić information content (AvgIpc) is 3.06. The van der Waals surface area contributed by atoms with E-state index in [2.05, 4.69) is 14.9 Å².